The first-order chi connectivity index (χ1) is 7.72. The molecule has 0 fully saturated rings. The highest BCUT2D eigenvalue weighted by Crippen LogP contribution is 2.26. The number of halogens is 4. The second-order valence-electron chi connectivity index (χ2n) is 3.35. The predicted octanol–water partition coefficient (Wildman–Crippen LogP) is 3.84. The summed E-state index contributed by atoms with van der Waals surface area (Å²) in [4.78, 5) is 4.11. The van der Waals surface area contributed by atoms with Crippen molar-refractivity contribution in [2.75, 3.05) is 0 Å². The first kappa shape index (κ1) is 17.1. The van der Waals surface area contributed by atoms with Gasteiger partial charge in [-0.3, -0.25) is 4.98 Å². The maximum Gasteiger partial charge on any atom is 0.151 e. The van der Waals surface area contributed by atoms with E-state index in [1.54, 1.807) is 30.5 Å². The van der Waals surface area contributed by atoms with Crippen molar-refractivity contribution >= 4 is 36.4 Å². The molecule has 0 saturated heterocycles. The van der Waals surface area contributed by atoms with Crippen molar-refractivity contribution in [3.8, 4) is 11.3 Å². The number of pyridine rings is 1. The van der Waals surface area contributed by atoms with Gasteiger partial charge in [-0.2, -0.15) is 0 Å². The summed E-state index contributed by atoms with van der Waals surface area (Å²) in [7, 11) is 0. The third-order valence-electron chi connectivity index (χ3n) is 2.29. The molecule has 0 radical (unpaired) electrons. The molecule has 1 heterocycles. The average molecular weight is 310 g/mol. The van der Waals surface area contributed by atoms with Gasteiger partial charge in [0.05, 0.1) is 10.7 Å². The second-order valence-corrected chi connectivity index (χ2v) is 3.76. The molecular formula is C12H12Cl3FN2. The van der Waals surface area contributed by atoms with Crippen LogP contribution in [0.25, 0.3) is 11.3 Å². The van der Waals surface area contributed by atoms with Gasteiger partial charge < -0.3 is 5.73 Å². The van der Waals surface area contributed by atoms with Crippen LogP contribution < -0.4 is 5.73 Å². The minimum atomic E-state index is -0.453. The van der Waals surface area contributed by atoms with E-state index in [9.17, 15) is 4.39 Å². The Bertz CT molecular complexity index is 520. The highest BCUT2D eigenvalue weighted by molar-refractivity contribution is 6.31. The fourth-order valence-corrected chi connectivity index (χ4v) is 1.62. The van der Waals surface area contributed by atoms with Gasteiger partial charge in [0.15, 0.2) is 5.82 Å². The molecule has 2 aromatic rings. The van der Waals surface area contributed by atoms with Crippen LogP contribution in [0.15, 0.2) is 36.5 Å². The van der Waals surface area contributed by atoms with Crippen molar-refractivity contribution in [3.05, 3.63) is 52.9 Å². The smallest absolute Gasteiger partial charge is 0.151 e. The van der Waals surface area contributed by atoms with E-state index in [4.69, 9.17) is 17.3 Å². The van der Waals surface area contributed by atoms with Crippen LogP contribution in [0.2, 0.25) is 5.02 Å². The van der Waals surface area contributed by atoms with E-state index < -0.39 is 5.82 Å². The lowest BCUT2D eigenvalue weighted by atomic mass is 10.1. The van der Waals surface area contributed by atoms with Gasteiger partial charge in [-0.05, 0) is 29.8 Å². The monoisotopic (exact) mass is 308 g/mol. The number of aromatic nitrogens is 1. The van der Waals surface area contributed by atoms with E-state index in [-0.39, 0.29) is 29.8 Å². The van der Waals surface area contributed by atoms with E-state index in [1.807, 2.05) is 0 Å². The van der Waals surface area contributed by atoms with Crippen molar-refractivity contribution in [2.24, 2.45) is 5.73 Å². The lowest BCUT2D eigenvalue weighted by Crippen LogP contribution is -1.97. The van der Waals surface area contributed by atoms with Crippen molar-refractivity contribution in [1.29, 1.82) is 0 Å². The molecule has 0 bridgehead atoms. The first-order valence-corrected chi connectivity index (χ1v) is 5.19. The van der Waals surface area contributed by atoms with Gasteiger partial charge in [0.1, 0.15) is 0 Å². The zero-order chi connectivity index (χ0) is 11.5. The van der Waals surface area contributed by atoms with Gasteiger partial charge >= 0.3 is 0 Å². The van der Waals surface area contributed by atoms with Crippen LogP contribution in [0.1, 0.15) is 5.56 Å². The molecule has 2 nitrogen and oxygen atoms in total. The molecule has 2 N–H and O–H groups in total. The molecule has 1 aromatic heterocycles. The third kappa shape index (κ3) is 3.56. The molecule has 0 aliphatic carbocycles. The average Bonchev–Trinajstić information content (AvgIpc) is 2.33. The van der Waals surface area contributed by atoms with Crippen molar-refractivity contribution in [3.63, 3.8) is 0 Å². The van der Waals surface area contributed by atoms with Gasteiger partial charge in [-0.25, -0.2) is 4.39 Å². The summed E-state index contributed by atoms with van der Waals surface area (Å²) in [5.41, 5.74) is 7.36. The fraction of sp³-hybridized carbons (Fsp3) is 0.0833. The molecule has 0 spiro atoms. The van der Waals surface area contributed by atoms with E-state index in [1.165, 1.54) is 6.07 Å². The Labute approximate surface area is 122 Å². The lowest BCUT2D eigenvalue weighted by molar-refractivity contribution is 0.631. The van der Waals surface area contributed by atoms with Crippen LogP contribution in [0.3, 0.4) is 0 Å². The normalized spacial score (nSPS) is 9.28. The Morgan fingerprint density at radius 2 is 1.94 bits per heavy atom. The van der Waals surface area contributed by atoms with Gasteiger partial charge in [0.25, 0.3) is 0 Å². The molecule has 0 saturated carbocycles. The fourth-order valence-electron chi connectivity index (χ4n) is 1.45. The van der Waals surface area contributed by atoms with Gasteiger partial charge in [0, 0.05) is 18.3 Å². The van der Waals surface area contributed by atoms with Gasteiger partial charge in [0.2, 0.25) is 0 Å². The zero-order valence-electron chi connectivity index (χ0n) is 9.27. The first-order valence-electron chi connectivity index (χ1n) is 4.81. The van der Waals surface area contributed by atoms with Crippen LogP contribution in [-0.2, 0) is 6.54 Å². The zero-order valence-corrected chi connectivity index (χ0v) is 11.7. The summed E-state index contributed by atoms with van der Waals surface area (Å²) in [5, 5.41) is 0.0949. The number of hydrogen-bond donors (Lipinski definition) is 1. The summed E-state index contributed by atoms with van der Waals surface area (Å²) < 4.78 is 13.7. The van der Waals surface area contributed by atoms with E-state index in [0.29, 0.717) is 17.8 Å². The summed E-state index contributed by atoms with van der Waals surface area (Å²) in [6.07, 6.45) is 1.61. The molecule has 1 aromatic carbocycles. The summed E-state index contributed by atoms with van der Waals surface area (Å²) >= 11 is 5.71. The second kappa shape index (κ2) is 7.54. The molecule has 0 atom stereocenters. The number of nitrogens with zero attached hydrogens (tertiary/aromatic N) is 1. The van der Waals surface area contributed by atoms with Gasteiger partial charge in [-0.15, -0.1) is 24.8 Å². The minimum Gasteiger partial charge on any atom is -0.326 e. The Kier molecular flexibility index (Phi) is 7.18. The van der Waals surface area contributed by atoms with Crippen molar-refractivity contribution in [2.45, 2.75) is 6.54 Å². The Morgan fingerprint density at radius 1 is 1.22 bits per heavy atom. The SMILES string of the molecule is Cl.Cl.NCc1ccnc(-c2cccc(Cl)c2F)c1. The van der Waals surface area contributed by atoms with Crippen LogP contribution >= 0.6 is 36.4 Å². The molecule has 2 rings (SSSR count). The molecule has 0 amide bonds. The van der Waals surface area contributed by atoms with Crippen LogP contribution in [0, 0.1) is 5.82 Å². The quantitative estimate of drug-likeness (QED) is 0.915. The Hall–Kier alpha value is -0.870. The number of benzene rings is 1. The number of rotatable bonds is 2. The largest absolute Gasteiger partial charge is 0.326 e. The van der Waals surface area contributed by atoms with Crippen LogP contribution in [0.4, 0.5) is 4.39 Å². The predicted molar refractivity (Wildman–Crippen MR) is 77.0 cm³/mol. The van der Waals surface area contributed by atoms with E-state index >= 15 is 0 Å². The third-order valence-corrected chi connectivity index (χ3v) is 2.58. The molecule has 6 heteroatoms. The van der Waals surface area contributed by atoms with Crippen LogP contribution in [-0.4, -0.2) is 4.98 Å². The Balaban J connectivity index is 0.00000144. The topological polar surface area (TPSA) is 38.9 Å². The Morgan fingerprint density at radius 3 is 2.61 bits per heavy atom. The molecule has 98 valence electrons. The van der Waals surface area contributed by atoms with Crippen molar-refractivity contribution < 1.29 is 4.39 Å². The van der Waals surface area contributed by atoms with Crippen LogP contribution in [0.5, 0.6) is 0 Å². The van der Waals surface area contributed by atoms with E-state index in [2.05, 4.69) is 4.98 Å². The highest BCUT2D eigenvalue weighted by atomic mass is 35.5. The highest BCUT2D eigenvalue weighted by Gasteiger charge is 2.09. The molecular weight excluding hydrogens is 298 g/mol. The maximum absolute atomic E-state index is 13.7. The summed E-state index contributed by atoms with van der Waals surface area (Å²) in [6, 6.07) is 8.40. The molecule has 0 aliphatic rings. The molecule has 0 unspecified atom stereocenters. The molecule has 18 heavy (non-hydrogen) atoms. The number of nitrogens with two attached hydrogens (primary N) is 1. The minimum absolute atomic E-state index is 0. The lowest BCUT2D eigenvalue weighted by Gasteiger charge is -2.05. The molecule has 0 aliphatic heterocycles. The summed E-state index contributed by atoms with van der Waals surface area (Å²) in [6.45, 7) is 0.401. The van der Waals surface area contributed by atoms with Gasteiger partial charge in [-0.1, -0.05) is 17.7 Å². The van der Waals surface area contributed by atoms with E-state index in [0.717, 1.165) is 5.56 Å². The number of hydrogen-bond acceptors (Lipinski definition) is 2. The van der Waals surface area contributed by atoms with Crippen molar-refractivity contribution in [1.82, 2.24) is 4.98 Å². The standard InChI is InChI=1S/C12H10ClFN2.2ClH/c13-10-3-1-2-9(12(10)14)11-6-8(7-15)4-5-16-11;;/h1-6H,7,15H2;2*1H. The maximum atomic E-state index is 13.7. The summed E-state index contributed by atoms with van der Waals surface area (Å²) in [5.74, 6) is -0.453.